The van der Waals surface area contributed by atoms with Crippen LogP contribution in [-0.4, -0.2) is 27.2 Å². The Bertz CT molecular complexity index is 1510. The van der Waals surface area contributed by atoms with Crippen LogP contribution in [0, 0.1) is 6.92 Å². The van der Waals surface area contributed by atoms with Gasteiger partial charge in [0, 0.05) is 18.7 Å². The van der Waals surface area contributed by atoms with E-state index in [9.17, 15) is 13.2 Å². The van der Waals surface area contributed by atoms with Crippen molar-refractivity contribution in [3.05, 3.63) is 114 Å². The van der Waals surface area contributed by atoms with Crippen molar-refractivity contribution in [1.82, 2.24) is 15.3 Å². The average Bonchev–Trinajstić information content (AvgIpc) is 3.35. The highest BCUT2D eigenvalue weighted by Gasteiger charge is 2.38. The number of carboxylic acids is 1. The summed E-state index contributed by atoms with van der Waals surface area (Å²) < 4.78 is 31.7. The van der Waals surface area contributed by atoms with Gasteiger partial charge in [-0.15, -0.1) is 0 Å². The SMILES string of the molecule is Cc1cccc2[nH]c(-c3ccc(-c4cccc(CNCc5ccccc5)c4)cc3)nc12.O=C(O)C(F)(F)F. The van der Waals surface area contributed by atoms with Crippen LogP contribution in [0.3, 0.4) is 0 Å². The van der Waals surface area contributed by atoms with Crippen molar-refractivity contribution in [1.29, 1.82) is 0 Å². The first-order chi connectivity index (χ1) is 18.2. The first-order valence-corrected chi connectivity index (χ1v) is 11.9. The minimum Gasteiger partial charge on any atom is -0.475 e. The average molecular weight is 518 g/mol. The largest absolute Gasteiger partial charge is 0.490 e. The minimum absolute atomic E-state index is 0.846. The van der Waals surface area contributed by atoms with Crippen LogP contribution in [0.4, 0.5) is 13.2 Å². The van der Waals surface area contributed by atoms with E-state index in [0.29, 0.717) is 0 Å². The second-order valence-corrected chi connectivity index (χ2v) is 8.73. The van der Waals surface area contributed by atoms with Crippen molar-refractivity contribution in [3.63, 3.8) is 0 Å². The number of hydrogen-bond donors (Lipinski definition) is 3. The van der Waals surface area contributed by atoms with Crippen molar-refractivity contribution in [2.45, 2.75) is 26.2 Å². The number of nitrogens with one attached hydrogen (secondary N) is 2. The normalized spacial score (nSPS) is 11.2. The maximum Gasteiger partial charge on any atom is 0.490 e. The van der Waals surface area contributed by atoms with Gasteiger partial charge in [-0.25, -0.2) is 9.78 Å². The molecule has 1 heterocycles. The van der Waals surface area contributed by atoms with E-state index in [1.807, 2.05) is 6.07 Å². The highest BCUT2D eigenvalue weighted by Crippen LogP contribution is 2.26. The van der Waals surface area contributed by atoms with E-state index in [1.54, 1.807) is 0 Å². The number of imidazole rings is 1. The number of alkyl halides is 3. The monoisotopic (exact) mass is 517 g/mol. The molecular formula is C30H26F3N3O2. The van der Waals surface area contributed by atoms with Crippen LogP contribution < -0.4 is 5.32 Å². The van der Waals surface area contributed by atoms with Crippen LogP contribution in [0.1, 0.15) is 16.7 Å². The number of carboxylic acid groups (broad SMARTS) is 1. The van der Waals surface area contributed by atoms with E-state index in [2.05, 4.69) is 108 Å². The summed E-state index contributed by atoms with van der Waals surface area (Å²) in [7, 11) is 0. The number of H-pyrrole nitrogens is 1. The van der Waals surface area contributed by atoms with Crippen molar-refractivity contribution < 1.29 is 23.1 Å². The third-order valence-corrected chi connectivity index (χ3v) is 5.88. The quantitative estimate of drug-likeness (QED) is 0.224. The molecule has 0 atom stereocenters. The predicted molar refractivity (Wildman–Crippen MR) is 142 cm³/mol. The molecule has 5 aromatic rings. The molecule has 0 spiro atoms. The minimum atomic E-state index is -5.08. The molecule has 0 unspecified atom stereocenters. The maximum atomic E-state index is 10.6. The fourth-order valence-electron chi connectivity index (χ4n) is 3.94. The van der Waals surface area contributed by atoms with Crippen LogP contribution in [0.25, 0.3) is 33.5 Å². The van der Waals surface area contributed by atoms with E-state index >= 15 is 0 Å². The second kappa shape index (κ2) is 11.7. The van der Waals surface area contributed by atoms with Gasteiger partial charge in [-0.1, -0.05) is 84.9 Å². The lowest BCUT2D eigenvalue weighted by molar-refractivity contribution is -0.192. The number of para-hydroxylation sites is 1. The van der Waals surface area contributed by atoms with Crippen LogP contribution in [0.15, 0.2) is 97.1 Å². The van der Waals surface area contributed by atoms with Crippen molar-refractivity contribution >= 4 is 17.0 Å². The first kappa shape index (κ1) is 26.6. The fourth-order valence-corrected chi connectivity index (χ4v) is 3.94. The highest BCUT2D eigenvalue weighted by molar-refractivity contribution is 5.82. The predicted octanol–water partition coefficient (Wildman–Crippen LogP) is 7.13. The van der Waals surface area contributed by atoms with Crippen LogP contribution in [0.2, 0.25) is 0 Å². The Morgan fingerprint density at radius 1 is 0.816 bits per heavy atom. The zero-order chi connectivity index (χ0) is 27.1. The van der Waals surface area contributed by atoms with Gasteiger partial charge in [-0.05, 0) is 46.9 Å². The highest BCUT2D eigenvalue weighted by atomic mass is 19.4. The van der Waals surface area contributed by atoms with E-state index in [-0.39, 0.29) is 0 Å². The van der Waals surface area contributed by atoms with Gasteiger partial charge in [-0.2, -0.15) is 13.2 Å². The molecule has 0 aliphatic rings. The van der Waals surface area contributed by atoms with Crippen molar-refractivity contribution in [2.24, 2.45) is 0 Å². The van der Waals surface area contributed by atoms with Crippen LogP contribution >= 0.6 is 0 Å². The summed E-state index contributed by atoms with van der Waals surface area (Å²) in [5, 5.41) is 10.7. The number of aryl methyl sites for hydroxylation is 1. The van der Waals surface area contributed by atoms with Gasteiger partial charge in [0.2, 0.25) is 0 Å². The number of nitrogens with zero attached hydrogens (tertiary/aromatic N) is 1. The molecule has 5 rings (SSSR count). The summed E-state index contributed by atoms with van der Waals surface area (Å²) in [6.45, 7) is 3.81. The number of fused-ring (bicyclic) bond motifs is 1. The lowest BCUT2D eigenvalue weighted by Gasteiger charge is -2.08. The van der Waals surface area contributed by atoms with Gasteiger partial charge in [0.05, 0.1) is 11.0 Å². The molecule has 0 aliphatic carbocycles. The number of hydrogen-bond acceptors (Lipinski definition) is 3. The standard InChI is InChI=1S/C28H25N3.C2HF3O2/c1-20-7-5-12-26-27(20)31-28(30-26)24-15-13-23(14-16-24)25-11-6-10-22(17-25)19-29-18-21-8-3-2-4-9-21;3-2(4,5)1(6)7/h2-17,29H,18-19H2,1H3,(H,30,31);(H,6,7). The summed E-state index contributed by atoms with van der Waals surface area (Å²) in [6.07, 6.45) is -5.08. The number of halogens is 3. The molecular weight excluding hydrogens is 491 g/mol. The molecule has 4 aromatic carbocycles. The summed E-state index contributed by atoms with van der Waals surface area (Å²) in [5.74, 6) is -1.85. The lowest BCUT2D eigenvalue weighted by Crippen LogP contribution is -2.21. The molecule has 5 nitrogen and oxygen atoms in total. The van der Waals surface area contributed by atoms with Crippen LogP contribution in [-0.2, 0) is 17.9 Å². The molecule has 1 aromatic heterocycles. The Hall–Kier alpha value is -4.43. The van der Waals surface area contributed by atoms with Gasteiger partial charge < -0.3 is 15.4 Å². The molecule has 0 bridgehead atoms. The van der Waals surface area contributed by atoms with Gasteiger partial charge in [0.1, 0.15) is 5.82 Å². The van der Waals surface area contributed by atoms with Crippen LogP contribution in [0.5, 0.6) is 0 Å². The third-order valence-electron chi connectivity index (χ3n) is 5.88. The molecule has 8 heteroatoms. The Balaban J connectivity index is 0.000000426. The molecule has 0 radical (unpaired) electrons. The molecule has 0 aliphatic heterocycles. The summed E-state index contributed by atoms with van der Waals surface area (Å²) in [5.41, 5.74) is 9.42. The number of benzene rings is 4. The van der Waals surface area contributed by atoms with Crippen molar-refractivity contribution in [3.8, 4) is 22.5 Å². The fraction of sp³-hybridized carbons (Fsp3) is 0.133. The van der Waals surface area contributed by atoms with E-state index < -0.39 is 12.1 Å². The smallest absolute Gasteiger partial charge is 0.475 e. The number of carbonyl (C=O) groups is 1. The van der Waals surface area contributed by atoms with Crippen molar-refractivity contribution in [2.75, 3.05) is 0 Å². The lowest BCUT2D eigenvalue weighted by atomic mass is 10.0. The Labute approximate surface area is 218 Å². The zero-order valence-electron chi connectivity index (χ0n) is 20.6. The topological polar surface area (TPSA) is 78.0 Å². The first-order valence-electron chi connectivity index (χ1n) is 11.9. The van der Waals surface area contributed by atoms with E-state index in [1.165, 1.54) is 27.8 Å². The van der Waals surface area contributed by atoms with Gasteiger partial charge >= 0.3 is 12.1 Å². The second-order valence-electron chi connectivity index (χ2n) is 8.73. The molecule has 0 saturated carbocycles. The molecule has 0 amide bonds. The Morgan fingerprint density at radius 3 is 2.08 bits per heavy atom. The summed E-state index contributed by atoms with van der Waals surface area (Å²) in [4.78, 5) is 17.1. The summed E-state index contributed by atoms with van der Waals surface area (Å²) in [6, 6.07) is 34.1. The molecule has 0 saturated heterocycles. The molecule has 0 fully saturated rings. The molecule has 3 N–H and O–H groups in total. The molecule has 194 valence electrons. The third kappa shape index (κ3) is 6.86. The summed E-state index contributed by atoms with van der Waals surface area (Å²) >= 11 is 0. The van der Waals surface area contributed by atoms with Gasteiger partial charge in [-0.3, -0.25) is 0 Å². The Morgan fingerprint density at radius 2 is 1.42 bits per heavy atom. The number of aliphatic carboxylic acids is 1. The van der Waals surface area contributed by atoms with E-state index in [0.717, 1.165) is 35.5 Å². The van der Waals surface area contributed by atoms with E-state index in [4.69, 9.17) is 14.9 Å². The molecule has 38 heavy (non-hydrogen) atoms. The Kier molecular flexibility index (Phi) is 8.23. The maximum absolute atomic E-state index is 10.6. The van der Waals surface area contributed by atoms with Gasteiger partial charge in [0.15, 0.2) is 0 Å². The zero-order valence-corrected chi connectivity index (χ0v) is 20.6. The van der Waals surface area contributed by atoms with Gasteiger partial charge in [0.25, 0.3) is 0 Å². The number of aromatic nitrogens is 2. The number of aromatic amines is 1. The number of rotatable bonds is 6.